The highest BCUT2D eigenvalue weighted by molar-refractivity contribution is 6.29. The molecule has 0 amide bonds. The number of allylic oxidation sites excluding steroid dienone is 1. The Labute approximate surface area is 140 Å². The van der Waals surface area contributed by atoms with E-state index in [0.717, 1.165) is 28.6 Å². The maximum Gasteiger partial charge on any atom is 0.136 e. The minimum absolute atomic E-state index is 0.432. The molecule has 6 heteroatoms. The minimum atomic E-state index is 0.432. The standard InChI is InChI=1S/C17H16ClN5/c1-12-15(5-4-14-6-8-19-16(18)10-14)21-13(2)23(12)17-7-9-22(3)11-20-17/h6-10H,11H2,1-3H3. The van der Waals surface area contributed by atoms with Crippen molar-refractivity contribution >= 4 is 17.4 Å². The number of hydrogen-bond donors (Lipinski definition) is 0. The maximum absolute atomic E-state index is 5.87. The largest absolute Gasteiger partial charge is 0.361 e. The third-order valence-electron chi connectivity index (χ3n) is 3.49. The van der Waals surface area contributed by atoms with Gasteiger partial charge in [0.2, 0.25) is 0 Å². The molecule has 0 bridgehead atoms. The van der Waals surface area contributed by atoms with Gasteiger partial charge in [0.1, 0.15) is 29.2 Å². The Morgan fingerprint density at radius 3 is 2.78 bits per heavy atom. The Balaban J connectivity index is 1.95. The van der Waals surface area contributed by atoms with Crippen molar-refractivity contribution in [2.45, 2.75) is 13.8 Å². The van der Waals surface area contributed by atoms with E-state index >= 15 is 0 Å². The molecule has 1 aliphatic rings. The molecule has 2 aromatic rings. The second-order valence-corrected chi connectivity index (χ2v) is 5.66. The van der Waals surface area contributed by atoms with Gasteiger partial charge in [-0.15, -0.1) is 0 Å². The molecule has 0 unspecified atom stereocenters. The smallest absolute Gasteiger partial charge is 0.136 e. The summed E-state index contributed by atoms with van der Waals surface area (Å²) in [6, 6.07) is 3.55. The molecule has 0 saturated carbocycles. The van der Waals surface area contributed by atoms with Crippen LogP contribution in [0.25, 0.3) is 0 Å². The molecule has 0 aromatic carbocycles. The molecule has 0 spiro atoms. The van der Waals surface area contributed by atoms with Gasteiger partial charge >= 0.3 is 0 Å². The fraction of sp³-hybridized carbons (Fsp3) is 0.235. The first-order valence-electron chi connectivity index (χ1n) is 7.17. The summed E-state index contributed by atoms with van der Waals surface area (Å²) < 4.78 is 2.02. The number of aliphatic imine (C=N–C) groups is 1. The molecule has 3 heterocycles. The molecular formula is C17H16ClN5. The van der Waals surface area contributed by atoms with Crippen molar-refractivity contribution in [1.82, 2.24) is 19.4 Å². The Bertz CT molecular complexity index is 867. The van der Waals surface area contributed by atoms with Crippen molar-refractivity contribution in [3.05, 3.63) is 58.5 Å². The van der Waals surface area contributed by atoms with Gasteiger partial charge in [-0.3, -0.25) is 4.57 Å². The van der Waals surface area contributed by atoms with Gasteiger partial charge in [-0.2, -0.15) is 0 Å². The zero-order valence-corrected chi connectivity index (χ0v) is 14.0. The second kappa shape index (κ2) is 6.27. The van der Waals surface area contributed by atoms with Gasteiger partial charge in [0.05, 0.1) is 5.69 Å². The van der Waals surface area contributed by atoms with Crippen LogP contribution in [0.3, 0.4) is 0 Å². The van der Waals surface area contributed by atoms with Crippen LogP contribution in [0.5, 0.6) is 0 Å². The molecule has 2 aromatic heterocycles. The molecule has 0 fully saturated rings. The van der Waals surface area contributed by atoms with E-state index in [9.17, 15) is 0 Å². The number of rotatable bonds is 0. The number of aryl methyl sites for hydroxylation is 1. The molecular weight excluding hydrogens is 310 g/mol. The van der Waals surface area contributed by atoms with E-state index in [4.69, 9.17) is 11.6 Å². The lowest BCUT2D eigenvalue weighted by atomic mass is 10.2. The molecule has 0 aliphatic carbocycles. The first-order valence-corrected chi connectivity index (χ1v) is 7.55. The molecule has 0 atom stereocenters. The predicted octanol–water partition coefficient (Wildman–Crippen LogP) is 2.61. The van der Waals surface area contributed by atoms with Crippen LogP contribution in [0.1, 0.15) is 22.8 Å². The number of pyridine rings is 1. The van der Waals surface area contributed by atoms with Crippen molar-refractivity contribution < 1.29 is 0 Å². The van der Waals surface area contributed by atoms with E-state index in [-0.39, 0.29) is 0 Å². The molecule has 0 saturated heterocycles. The van der Waals surface area contributed by atoms with Crippen LogP contribution < -0.4 is 0 Å². The zero-order chi connectivity index (χ0) is 16.4. The first kappa shape index (κ1) is 15.3. The average molecular weight is 326 g/mol. The van der Waals surface area contributed by atoms with Gasteiger partial charge < -0.3 is 4.90 Å². The van der Waals surface area contributed by atoms with Crippen molar-refractivity contribution in [2.75, 3.05) is 13.7 Å². The summed E-state index contributed by atoms with van der Waals surface area (Å²) >= 11 is 5.87. The van der Waals surface area contributed by atoms with E-state index < -0.39 is 0 Å². The number of hydrogen-bond acceptors (Lipinski definition) is 4. The van der Waals surface area contributed by atoms with Crippen LogP contribution in [0, 0.1) is 25.7 Å². The van der Waals surface area contributed by atoms with Crippen molar-refractivity contribution in [1.29, 1.82) is 0 Å². The lowest BCUT2D eigenvalue weighted by Crippen LogP contribution is -2.22. The maximum atomic E-state index is 5.87. The highest BCUT2D eigenvalue weighted by Gasteiger charge is 2.14. The molecule has 0 N–H and O–H groups in total. The minimum Gasteiger partial charge on any atom is -0.361 e. The lowest BCUT2D eigenvalue weighted by molar-refractivity contribution is 0.467. The summed E-state index contributed by atoms with van der Waals surface area (Å²) in [4.78, 5) is 15.1. The van der Waals surface area contributed by atoms with Gasteiger partial charge in [0.15, 0.2) is 0 Å². The summed E-state index contributed by atoms with van der Waals surface area (Å²) in [6.45, 7) is 4.59. The van der Waals surface area contributed by atoms with Gasteiger partial charge in [-0.05, 0) is 38.0 Å². The fourth-order valence-corrected chi connectivity index (χ4v) is 2.51. The summed E-state index contributed by atoms with van der Waals surface area (Å²) in [5, 5.41) is 0.432. The van der Waals surface area contributed by atoms with Crippen molar-refractivity contribution in [3.8, 4) is 11.8 Å². The number of aromatic nitrogens is 3. The Morgan fingerprint density at radius 2 is 2.09 bits per heavy atom. The Kier molecular flexibility index (Phi) is 4.18. The van der Waals surface area contributed by atoms with Crippen LogP contribution in [-0.4, -0.2) is 39.0 Å². The second-order valence-electron chi connectivity index (χ2n) is 5.28. The number of halogens is 1. The molecule has 5 nitrogen and oxygen atoms in total. The third kappa shape index (κ3) is 3.27. The van der Waals surface area contributed by atoms with Gasteiger partial charge in [0, 0.05) is 25.0 Å². The van der Waals surface area contributed by atoms with Gasteiger partial charge in [-0.1, -0.05) is 17.5 Å². The highest BCUT2D eigenvalue weighted by Crippen LogP contribution is 2.13. The topological polar surface area (TPSA) is 46.3 Å². The van der Waals surface area contributed by atoms with E-state index in [1.807, 2.05) is 48.7 Å². The Hall–Kier alpha value is -2.58. The van der Waals surface area contributed by atoms with Gasteiger partial charge in [-0.25, -0.2) is 15.0 Å². The molecule has 0 radical (unpaired) electrons. The number of nitrogens with zero attached hydrogens (tertiary/aromatic N) is 5. The monoisotopic (exact) mass is 325 g/mol. The molecule has 116 valence electrons. The summed E-state index contributed by atoms with van der Waals surface area (Å²) in [5.41, 5.74) is 2.53. The molecule has 23 heavy (non-hydrogen) atoms. The third-order valence-corrected chi connectivity index (χ3v) is 3.70. The fourth-order valence-electron chi connectivity index (χ4n) is 2.33. The van der Waals surface area contributed by atoms with Crippen LogP contribution in [0.15, 0.2) is 35.6 Å². The van der Waals surface area contributed by atoms with E-state index in [2.05, 4.69) is 26.8 Å². The van der Waals surface area contributed by atoms with E-state index in [1.54, 1.807) is 12.3 Å². The van der Waals surface area contributed by atoms with E-state index in [0.29, 0.717) is 11.8 Å². The van der Waals surface area contributed by atoms with E-state index in [1.165, 1.54) is 0 Å². The average Bonchev–Trinajstić information content (AvgIpc) is 2.81. The predicted molar refractivity (Wildman–Crippen MR) is 91.5 cm³/mol. The summed E-state index contributed by atoms with van der Waals surface area (Å²) in [5.74, 6) is 7.93. The van der Waals surface area contributed by atoms with Crippen LogP contribution in [0.2, 0.25) is 5.15 Å². The van der Waals surface area contributed by atoms with Crippen LogP contribution in [0.4, 0.5) is 0 Å². The highest BCUT2D eigenvalue weighted by atomic mass is 35.5. The number of imidazole rings is 1. The molecule has 3 rings (SSSR count). The van der Waals surface area contributed by atoms with Gasteiger partial charge in [0.25, 0.3) is 0 Å². The zero-order valence-electron chi connectivity index (χ0n) is 13.2. The van der Waals surface area contributed by atoms with Crippen LogP contribution >= 0.6 is 11.6 Å². The van der Waals surface area contributed by atoms with Crippen LogP contribution in [-0.2, 0) is 0 Å². The first-order chi connectivity index (χ1) is 11.0. The summed E-state index contributed by atoms with van der Waals surface area (Å²) in [7, 11) is 1.99. The lowest BCUT2D eigenvalue weighted by Gasteiger charge is -2.18. The normalized spacial score (nSPS) is 13.6. The van der Waals surface area contributed by atoms with Crippen molar-refractivity contribution in [3.63, 3.8) is 0 Å². The Morgan fingerprint density at radius 1 is 1.26 bits per heavy atom. The van der Waals surface area contributed by atoms with Crippen molar-refractivity contribution in [2.24, 2.45) is 4.99 Å². The molecule has 1 aliphatic heterocycles. The quantitative estimate of drug-likeness (QED) is 0.552. The SMILES string of the molecule is Cc1nc(C#Cc2ccnc(Cl)c2)c(C)n1C1=NCN(C)C=C1. The summed E-state index contributed by atoms with van der Waals surface area (Å²) in [6.07, 6.45) is 5.62.